The van der Waals surface area contributed by atoms with Crippen LogP contribution in [0.25, 0.3) is 0 Å². The highest BCUT2D eigenvalue weighted by atomic mass is 19.1. The first kappa shape index (κ1) is 17.2. The fraction of sp³-hybridized carbons (Fsp3) is 0.316. The van der Waals surface area contributed by atoms with Gasteiger partial charge in [0.15, 0.2) is 0 Å². The molecule has 4 nitrogen and oxygen atoms in total. The standard InChI is InChI=1S/C19H20F2N2O2/c1-12(10-13-2-4-14(24)5-3-13)22-19(25)23-9-8-15-16(11-23)18(21)7-6-17(15)20/h2-7,12,24H,8-11H2,1H3,(H,22,25). The monoisotopic (exact) mass is 346 g/mol. The van der Waals surface area contributed by atoms with Crippen molar-refractivity contribution in [2.45, 2.75) is 32.4 Å². The molecule has 1 unspecified atom stereocenters. The Bertz CT molecular complexity index is 778. The van der Waals surface area contributed by atoms with E-state index in [1.165, 1.54) is 4.90 Å². The minimum atomic E-state index is -0.481. The Morgan fingerprint density at radius 1 is 1.16 bits per heavy atom. The maximum Gasteiger partial charge on any atom is 0.317 e. The van der Waals surface area contributed by atoms with Crippen molar-refractivity contribution in [3.8, 4) is 5.75 Å². The smallest absolute Gasteiger partial charge is 0.317 e. The van der Waals surface area contributed by atoms with Crippen LogP contribution in [-0.2, 0) is 19.4 Å². The van der Waals surface area contributed by atoms with Crippen molar-refractivity contribution in [1.82, 2.24) is 10.2 Å². The average molecular weight is 346 g/mol. The summed E-state index contributed by atoms with van der Waals surface area (Å²) < 4.78 is 27.7. The molecule has 0 fully saturated rings. The number of phenolic OH excluding ortho intramolecular Hbond substituents is 1. The molecule has 0 aliphatic carbocycles. The van der Waals surface area contributed by atoms with Gasteiger partial charge in [-0.2, -0.15) is 0 Å². The summed E-state index contributed by atoms with van der Waals surface area (Å²) in [5.41, 5.74) is 1.61. The lowest BCUT2D eigenvalue weighted by Crippen LogP contribution is -2.46. The molecule has 2 amide bonds. The van der Waals surface area contributed by atoms with E-state index in [0.717, 1.165) is 17.7 Å². The molecule has 3 rings (SSSR count). The summed E-state index contributed by atoms with van der Waals surface area (Å²) in [6, 6.07) is 8.61. The molecule has 1 aliphatic heterocycles. The highest BCUT2D eigenvalue weighted by molar-refractivity contribution is 5.75. The van der Waals surface area contributed by atoms with Gasteiger partial charge in [0.05, 0.1) is 6.54 Å². The van der Waals surface area contributed by atoms with Crippen LogP contribution >= 0.6 is 0 Å². The van der Waals surface area contributed by atoms with E-state index in [4.69, 9.17) is 0 Å². The number of amides is 2. The SMILES string of the molecule is CC(Cc1ccc(O)cc1)NC(=O)N1CCc2c(F)ccc(F)c2C1. The van der Waals surface area contributed by atoms with E-state index in [0.29, 0.717) is 24.9 Å². The second kappa shape index (κ2) is 7.09. The lowest BCUT2D eigenvalue weighted by atomic mass is 9.99. The molecule has 0 spiro atoms. The second-order valence-electron chi connectivity index (χ2n) is 6.38. The minimum Gasteiger partial charge on any atom is -0.508 e. The van der Waals surface area contributed by atoms with Crippen molar-refractivity contribution in [3.05, 3.63) is 64.7 Å². The van der Waals surface area contributed by atoms with Gasteiger partial charge in [-0.3, -0.25) is 0 Å². The maximum atomic E-state index is 13.9. The van der Waals surface area contributed by atoms with Crippen LogP contribution in [0.1, 0.15) is 23.6 Å². The van der Waals surface area contributed by atoms with Gasteiger partial charge in [-0.25, -0.2) is 13.6 Å². The molecule has 2 aromatic carbocycles. The summed E-state index contributed by atoms with van der Waals surface area (Å²) in [5, 5.41) is 12.2. The zero-order valence-electron chi connectivity index (χ0n) is 13.9. The predicted molar refractivity (Wildman–Crippen MR) is 90.3 cm³/mol. The van der Waals surface area contributed by atoms with E-state index in [-0.39, 0.29) is 29.9 Å². The van der Waals surface area contributed by atoms with Gasteiger partial charge >= 0.3 is 6.03 Å². The first-order chi connectivity index (χ1) is 11.9. The average Bonchev–Trinajstić information content (AvgIpc) is 2.60. The molecule has 6 heteroatoms. The molecule has 2 N–H and O–H groups in total. The van der Waals surface area contributed by atoms with Crippen LogP contribution < -0.4 is 5.32 Å². The van der Waals surface area contributed by atoms with Gasteiger partial charge in [-0.1, -0.05) is 12.1 Å². The van der Waals surface area contributed by atoms with Crippen LogP contribution in [0.4, 0.5) is 13.6 Å². The molecule has 0 radical (unpaired) electrons. The third-order valence-electron chi connectivity index (χ3n) is 4.43. The number of nitrogens with one attached hydrogen (secondary N) is 1. The van der Waals surface area contributed by atoms with Crippen molar-refractivity contribution >= 4 is 6.03 Å². The molecule has 2 aromatic rings. The Balaban J connectivity index is 1.62. The Kier molecular flexibility index (Phi) is 4.88. The molecule has 0 saturated carbocycles. The topological polar surface area (TPSA) is 52.6 Å². The van der Waals surface area contributed by atoms with Crippen molar-refractivity contribution in [1.29, 1.82) is 0 Å². The van der Waals surface area contributed by atoms with Gasteiger partial charge in [0.1, 0.15) is 17.4 Å². The summed E-state index contributed by atoms with van der Waals surface area (Å²) in [6.07, 6.45) is 0.915. The van der Waals surface area contributed by atoms with E-state index in [1.807, 2.05) is 6.92 Å². The first-order valence-electron chi connectivity index (χ1n) is 8.23. The van der Waals surface area contributed by atoms with E-state index < -0.39 is 11.6 Å². The molecule has 1 heterocycles. The van der Waals surface area contributed by atoms with Crippen molar-refractivity contribution in [3.63, 3.8) is 0 Å². The van der Waals surface area contributed by atoms with Crippen LogP contribution in [-0.4, -0.2) is 28.6 Å². The number of urea groups is 1. The van der Waals surface area contributed by atoms with Crippen molar-refractivity contribution < 1.29 is 18.7 Å². The summed E-state index contributed by atoms with van der Waals surface area (Å²) in [4.78, 5) is 13.9. The molecular formula is C19H20F2N2O2. The zero-order valence-corrected chi connectivity index (χ0v) is 13.9. The molecule has 1 aliphatic rings. The van der Waals surface area contributed by atoms with Gasteiger partial charge in [0, 0.05) is 18.2 Å². The fourth-order valence-electron chi connectivity index (χ4n) is 3.11. The van der Waals surface area contributed by atoms with Crippen LogP contribution in [0.15, 0.2) is 36.4 Å². The van der Waals surface area contributed by atoms with Crippen molar-refractivity contribution in [2.24, 2.45) is 0 Å². The van der Waals surface area contributed by atoms with Gasteiger partial charge in [-0.15, -0.1) is 0 Å². The van der Waals surface area contributed by atoms with Crippen LogP contribution in [0.5, 0.6) is 5.75 Å². The number of carbonyl (C=O) groups is 1. The third-order valence-corrected chi connectivity index (χ3v) is 4.43. The van der Waals surface area contributed by atoms with Crippen LogP contribution in [0.3, 0.4) is 0 Å². The number of phenols is 1. The maximum absolute atomic E-state index is 13.9. The lowest BCUT2D eigenvalue weighted by Gasteiger charge is -2.30. The molecule has 0 bridgehead atoms. The van der Waals surface area contributed by atoms with Crippen LogP contribution in [0, 0.1) is 11.6 Å². The first-order valence-corrected chi connectivity index (χ1v) is 8.23. The number of hydrogen-bond donors (Lipinski definition) is 2. The highest BCUT2D eigenvalue weighted by Gasteiger charge is 2.26. The lowest BCUT2D eigenvalue weighted by molar-refractivity contribution is 0.187. The molecule has 1 atom stereocenters. The van der Waals surface area contributed by atoms with Crippen molar-refractivity contribution in [2.75, 3.05) is 6.54 Å². The number of halogens is 2. The van der Waals surface area contributed by atoms with E-state index in [9.17, 15) is 18.7 Å². The van der Waals surface area contributed by atoms with E-state index in [2.05, 4.69) is 5.32 Å². The summed E-state index contributed by atoms with van der Waals surface area (Å²) >= 11 is 0. The quantitative estimate of drug-likeness (QED) is 0.895. The number of fused-ring (bicyclic) bond motifs is 1. The van der Waals surface area contributed by atoms with E-state index in [1.54, 1.807) is 24.3 Å². The molecule has 25 heavy (non-hydrogen) atoms. The summed E-state index contributed by atoms with van der Waals surface area (Å²) in [7, 11) is 0. The molecule has 132 valence electrons. The Morgan fingerprint density at radius 3 is 2.48 bits per heavy atom. The zero-order chi connectivity index (χ0) is 18.0. The number of aromatic hydroxyl groups is 1. The van der Waals surface area contributed by atoms with E-state index >= 15 is 0 Å². The Labute approximate surface area is 145 Å². The highest BCUT2D eigenvalue weighted by Crippen LogP contribution is 2.24. The molecular weight excluding hydrogens is 326 g/mol. The number of nitrogens with zero attached hydrogens (tertiary/aromatic N) is 1. The van der Waals surface area contributed by atoms with Gasteiger partial charge < -0.3 is 15.3 Å². The van der Waals surface area contributed by atoms with Crippen LogP contribution in [0.2, 0.25) is 0 Å². The second-order valence-corrected chi connectivity index (χ2v) is 6.38. The Morgan fingerprint density at radius 2 is 1.80 bits per heavy atom. The predicted octanol–water partition coefficient (Wildman–Crippen LogP) is 3.37. The minimum absolute atomic E-state index is 0.0662. The third kappa shape index (κ3) is 3.90. The number of rotatable bonds is 3. The number of carbonyl (C=O) groups excluding carboxylic acids is 1. The van der Waals surface area contributed by atoms with Gasteiger partial charge in [0.2, 0.25) is 0 Å². The van der Waals surface area contributed by atoms with Gasteiger partial charge in [-0.05, 0) is 55.2 Å². The summed E-state index contributed by atoms with van der Waals surface area (Å²) in [6.45, 7) is 2.30. The number of benzene rings is 2. The number of hydrogen-bond acceptors (Lipinski definition) is 2. The van der Waals surface area contributed by atoms with Gasteiger partial charge in [0.25, 0.3) is 0 Å². The summed E-state index contributed by atoms with van der Waals surface area (Å²) in [5.74, 6) is -0.704. The molecule has 0 aromatic heterocycles. The molecule has 0 saturated heterocycles. The fourth-order valence-corrected chi connectivity index (χ4v) is 3.11. The Hall–Kier alpha value is -2.63. The largest absolute Gasteiger partial charge is 0.508 e. The normalized spacial score (nSPS) is 14.8.